The molecular formula is C21H27N5O2. The first-order valence-electron chi connectivity index (χ1n) is 9.93. The number of hydrogen-bond acceptors (Lipinski definition) is 6. The number of likely N-dealkylation sites (N-methyl/N-ethyl adjacent to an activating group) is 1. The molecule has 1 saturated heterocycles. The number of carbonyl (C=O) groups is 1. The van der Waals surface area contributed by atoms with Crippen molar-refractivity contribution in [2.75, 3.05) is 44.7 Å². The maximum Gasteiger partial charge on any atom is 0.270 e. The van der Waals surface area contributed by atoms with Crippen LogP contribution in [0.2, 0.25) is 0 Å². The number of carbonyl (C=O) groups excluding carboxylic acids is 1. The molecule has 0 aliphatic carbocycles. The first-order valence-corrected chi connectivity index (χ1v) is 9.93. The zero-order chi connectivity index (χ0) is 19.5. The topological polar surface area (TPSA) is 81.6 Å². The van der Waals surface area contributed by atoms with Gasteiger partial charge in [0, 0.05) is 38.2 Å². The lowest BCUT2D eigenvalue weighted by atomic mass is 10.0. The van der Waals surface area contributed by atoms with Crippen LogP contribution in [0.4, 0.5) is 5.82 Å². The van der Waals surface area contributed by atoms with E-state index < -0.39 is 0 Å². The van der Waals surface area contributed by atoms with Gasteiger partial charge in [-0.2, -0.15) is 0 Å². The Labute approximate surface area is 165 Å². The number of hydrogen-bond donors (Lipinski definition) is 2. The second-order valence-corrected chi connectivity index (χ2v) is 7.55. The molecule has 0 saturated carbocycles. The van der Waals surface area contributed by atoms with Crippen molar-refractivity contribution in [1.29, 1.82) is 0 Å². The summed E-state index contributed by atoms with van der Waals surface area (Å²) in [5, 5.41) is 12.6. The number of fused-ring (bicyclic) bond motifs is 1. The zero-order valence-electron chi connectivity index (χ0n) is 16.3. The van der Waals surface area contributed by atoms with Crippen LogP contribution >= 0.6 is 0 Å². The van der Waals surface area contributed by atoms with Gasteiger partial charge in [0.2, 0.25) is 0 Å². The van der Waals surface area contributed by atoms with E-state index in [1.807, 2.05) is 25.2 Å². The summed E-state index contributed by atoms with van der Waals surface area (Å²) in [6.07, 6.45) is 2.27. The maximum absolute atomic E-state index is 12.5. The number of aromatic nitrogens is 2. The van der Waals surface area contributed by atoms with Gasteiger partial charge in [-0.05, 0) is 25.5 Å². The Morgan fingerprint density at radius 3 is 2.79 bits per heavy atom. The van der Waals surface area contributed by atoms with Crippen LogP contribution in [-0.4, -0.2) is 71.8 Å². The number of rotatable bonds is 5. The Bertz CT molecular complexity index is 842. The molecule has 3 heterocycles. The molecule has 1 aromatic heterocycles. The van der Waals surface area contributed by atoms with Crippen molar-refractivity contribution in [1.82, 2.24) is 20.2 Å². The highest BCUT2D eigenvalue weighted by Gasteiger charge is 2.30. The standard InChI is InChI=1S/C21H27N5O2/c1-25-11-12-26(13-16(25)14-27)20-17-9-10-22-21(28)19(17)23-18(24-20)8-7-15-5-3-2-4-6-15/h2-6,16,27H,7-14H2,1H3,(H,22,28). The van der Waals surface area contributed by atoms with E-state index in [-0.39, 0.29) is 18.6 Å². The molecule has 2 N–H and O–H groups in total. The third kappa shape index (κ3) is 3.86. The Morgan fingerprint density at radius 2 is 2.00 bits per heavy atom. The van der Waals surface area contributed by atoms with Crippen LogP contribution in [0.3, 0.4) is 0 Å². The quantitative estimate of drug-likeness (QED) is 0.792. The first kappa shape index (κ1) is 18.8. The Balaban J connectivity index is 1.64. The van der Waals surface area contributed by atoms with E-state index in [0.29, 0.717) is 31.0 Å². The third-order valence-corrected chi connectivity index (χ3v) is 5.67. The van der Waals surface area contributed by atoms with Gasteiger partial charge in [0.1, 0.15) is 17.3 Å². The Hall–Kier alpha value is -2.51. The molecule has 2 aliphatic heterocycles. The summed E-state index contributed by atoms with van der Waals surface area (Å²) in [4.78, 5) is 26.3. The summed E-state index contributed by atoms with van der Waals surface area (Å²) in [5.41, 5.74) is 2.68. The minimum absolute atomic E-state index is 0.0737. The molecule has 0 bridgehead atoms. The molecule has 2 aliphatic rings. The number of nitrogens with zero attached hydrogens (tertiary/aromatic N) is 4. The van der Waals surface area contributed by atoms with Crippen molar-refractivity contribution in [3.8, 4) is 0 Å². The average Bonchev–Trinajstić information content (AvgIpc) is 2.73. The molecule has 1 amide bonds. The van der Waals surface area contributed by atoms with Gasteiger partial charge in [-0.1, -0.05) is 30.3 Å². The van der Waals surface area contributed by atoms with Crippen LogP contribution < -0.4 is 10.2 Å². The number of benzene rings is 1. The summed E-state index contributed by atoms with van der Waals surface area (Å²) in [5.74, 6) is 1.46. The fraction of sp³-hybridized carbons (Fsp3) is 0.476. The van der Waals surface area contributed by atoms with Crippen molar-refractivity contribution >= 4 is 11.7 Å². The van der Waals surface area contributed by atoms with Crippen molar-refractivity contribution in [2.45, 2.75) is 25.3 Å². The molecule has 0 spiro atoms. The molecule has 148 valence electrons. The van der Waals surface area contributed by atoms with Gasteiger partial charge >= 0.3 is 0 Å². The fourth-order valence-electron chi connectivity index (χ4n) is 3.93. The second kappa shape index (κ2) is 8.24. The number of anilines is 1. The normalized spacial score (nSPS) is 20.0. The van der Waals surface area contributed by atoms with E-state index in [1.165, 1.54) is 5.56 Å². The minimum Gasteiger partial charge on any atom is -0.395 e. The summed E-state index contributed by atoms with van der Waals surface area (Å²) in [6, 6.07) is 10.3. The predicted molar refractivity (Wildman–Crippen MR) is 108 cm³/mol. The molecular weight excluding hydrogens is 354 g/mol. The average molecular weight is 381 g/mol. The lowest BCUT2D eigenvalue weighted by Gasteiger charge is -2.40. The highest BCUT2D eigenvalue weighted by molar-refractivity contribution is 5.96. The number of aliphatic hydroxyl groups excluding tert-OH is 1. The molecule has 1 fully saturated rings. The van der Waals surface area contributed by atoms with E-state index in [4.69, 9.17) is 4.98 Å². The molecule has 7 nitrogen and oxygen atoms in total. The number of piperazine rings is 1. The first-order chi connectivity index (χ1) is 13.7. The van der Waals surface area contributed by atoms with E-state index >= 15 is 0 Å². The van der Waals surface area contributed by atoms with Crippen molar-refractivity contribution in [3.63, 3.8) is 0 Å². The SMILES string of the molecule is CN1CCN(c2nc(CCc3ccccc3)nc3c2CCNC3=O)CC1CO. The monoisotopic (exact) mass is 381 g/mol. The number of amides is 1. The smallest absolute Gasteiger partial charge is 0.270 e. The Kier molecular flexibility index (Phi) is 5.54. The lowest BCUT2D eigenvalue weighted by molar-refractivity contribution is 0.0939. The minimum atomic E-state index is -0.112. The summed E-state index contributed by atoms with van der Waals surface area (Å²) in [6.45, 7) is 3.12. The van der Waals surface area contributed by atoms with E-state index in [0.717, 1.165) is 37.3 Å². The maximum atomic E-state index is 12.5. The number of aliphatic hydroxyl groups is 1. The van der Waals surface area contributed by atoms with Crippen LogP contribution in [0.25, 0.3) is 0 Å². The molecule has 4 rings (SSSR count). The van der Waals surface area contributed by atoms with Gasteiger partial charge < -0.3 is 15.3 Å². The third-order valence-electron chi connectivity index (χ3n) is 5.67. The molecule has 7 heteroatoms. The van der Waals surface area contributed by atoms with Gasteiger partial charge in [0.15, 0.2) is 0 Å². The van der Waals surface area contributed by atoms with Gasteiger partial charge in [-0.25, -0.2) is 9.97 Å². The molecule has 1 atom stereocenters. The van der Waals surface area contributed by atoms with Crippen LogP contribution in [0.15, 0.2) is 30.3 Å². The van der Waals surface area contributed by atoms with Crippen molar-refractivity contribution in [2.24, 2.45) is 0 Å². The Morgan fingerprint density at radius 1 is 1.18 bits per heavy atom. The van der Waals surface area contributed by atoms with Crippen molar-refractivity contribution < 1.29 is 9.90 Å². The van der Waals surface area contributed by atoms with Crippen molar-refractivity contribution in [3.05, 3.63) is 53.0 Å². The van der Waals surface area contributed by atoms with E-state index in [9.17, 15) is 9.90 Å². The van der Waals surface area contributed by atoms with Gasteiger partial charge in [0.25, 0.3) is 5.91 Å². The molecule has 0 radical (unpaired) electrons. The van der Waals surface area contributed by atoms with Gasteiger partial charge in [-0.15, -0.1) is 0 Å². The number of aryl methyl sites for hydroxylation is 2. The van der Waals surface area contributed by atoms with Gasteiger partial charge in [-0.3, -0.25) is 9.69 Å². The van der Waals surface area contributed by atoms with Crippen LogP contribution in [-0.2, 0) is 19.3 Å². The van der Waals surface area contributed by atoms with Crippen LogP contribution in [0.1, 0.15) is 27.4 Å². The fourth-order valence-corrected chi connectivity index (χ4v) is 3.93. The van der Waals surface area contributed by atoms with Crippen LogP contribution in [0, 0.1) is 0 Å². The van der Waals surface area contributed by atoms with Gasteiger partial charge in [0.05, 0.1) is 12.6 Å². The van der Waals surface area contributed by atoms with Crippen LogP contribution in [0.5, 0.6) is 0 Å². The highest BCUT2D eigenvalue weighted by Crippen LogP contribution is 2.26. The lowest BCUT2D eigenvalue weighted by Crippen LogP contribution is -2.53. The number of nitrogens with one attached hydrogen (secondary N) is 1. The molecule has 28 heavy (non-hydrogen) atoms. The predicted octanol–water partition coefficient (Wildman–Crippen LogP) is 0.660. The largest absolute Gasteiger partial charge is 0.395 e. The van der Waals surface area contributed by atoms with E-state index in [1.54, 1.807) is 0 Å². The second-order valence-electron chi connectivity index (χ2n) is 7.55. The summed E-state index contributed by atoms with van der Waals surface area (Å²) >= 11 is 0. The summed E-state index contributed by atoms with van der Waals surface area (Å²) in [7, 11) is 2.03. The molecule has 1 aromatic carbocycles. The highest BCUT2D eigenvalue weighted by atomic mass is 16.3. The summed E-state index contributed by atoms with van der Waals surface area (Å²) < 4.78 is 0. The molecule has 1 unspecified atom stereocenters. The van der Waals surface area contributed by atoms with E-state index in [2.05, 4.69) is 32.2 Å². The molecule has 2 aromatic rings. The zero-order valence-corrected chi connectivity index (χ0v) is 16.3.